The molecular weight excluding hydrogens is 242 g/mol. The Morgan fingerprint density at radius 3 is 2.79 bits per heavy atom. The minimum atomic E-state index is 0.164. The van der Waals surface area contributed by atoms with Crippen LogP contribution in [0.2, 0.25) is 0 Å². The van der Waals surface area contributed by atoms with Crippen molar-refractivity contribution in [3.63, 3.8) is 0 Å². The molecule has 1 atom stereocenters. The van der Waals surface area contributed by atoms with Crippen molar-refractivity contribution in [2.45, 2.75) is 39.3 Å². The van der Waals surface area contributed by atoms with Gasteiger partial charge >= 0.3 is 0 Å². The number of pyridine rings is 1. The minimum absolute atomic E-state index is 0.164. The van der Waals surface area contributed by atoms with E-state index < -0.39 is 0 Å². The highest BCUT2D eigenvalue weighted by Gasteiger charge is 2.04. The van der Waals surface area contributed by atoms with Gasteiger partial charge in [-0.15, -0.1) is 0 Å². The quantitative estimate of drug-likeness (QED) is 0.863. The van der Waals surface area contributed by atoms with Gasteiger partial charge in [-0.1, -0.05) is 12.1 Å². The molecule has 0 aliphatic rings. The maximum absolute atomic E-state index is 5.89. The fourth-order valence-electron chi connectivity index (χ4n) is 1.67. The van der Waals surface area contributed by atoms with Gasteiger partial charge in [0.15, 0.2) is 0 Å². The Balaban J connectivity index is 1.88. The van der Waals surface area contributed by atoms with Gasteiger partial charge in [0.2, 0.25) is 0 Å². The van der Waals surface area contributed by atoms with E-state index in [1.807, 2.05) is 25.1 Å². The number of hydrogen-bond acceptors (Lipinski definition) is 5. The van der Waals surface area contributed by atoms with Crippen molar-refractivity contribution in [2.24, 2.45) is 5.73 Å². The Morgan fingerprint density at radius 2 is 2.21 bits per heavy atom. The number of aromatic nitrogens is 2. The van der Waals surface area contributed by atoms with Gasteiger partial charge in [0.05, 0.1) is 6.20 Å². The number of hydrogen-bond donors (Lipinski definition) is 1. The maximum atomic E-state index is 5.89. The Kier molecular flexibility index (Phi) is 4.52. The van der Waals surface area contributed by atoms with E-state index in [2.05, 4.69) is 17.1 Å². The molecule has 2 N–H and O–H groups in total. The molecule has 0 fully saturated rings. The Bertz CT molecular complexity index is 508. The standard InChI is InChI=1S/C14H19N3O2/c1-3-11(15)7-12-4-5-14(8-16-12)18-9-13-6-10(2)19-17-13/h4-6,8,11H,3,7,9,15H2,1-2H3. The van der Waals surface area contributed by atoms with Crippen LogP contribution in [0.4, 0.5) is 0 Å². The minimum Gasteiger partial charge on any atom is -0.486 e. The lowest BCUT2D eigenvalue weighted by Crippen LogP contribution is -2.21. The summed E-state index contributed by atoms with van der Waals surface area (Å²) < 4.78 is 10.5. The van der Waals surface area contributed by atoms with Crippen LogP contribution < -0.4 is 10.5 Å². The lowest BCUT2D eigenvalue weighted by atomic mass is 10.1. The SMILES string of the molecule is CCC(N)Cc1ccc(OCc2cc(C)on2)cn1. The zero-order chi connectivity index (χ0) is 13.7. The summed E-state index contributed by atoms with van der Waals surface area (Å²) in [5, 5.41) is 3.86. The van der Waals surface area contributed by atoms with Crippen molar-refractivity contribution in [3.05, 3.63) is 41.5 Å². The van der Waals surface area contributed by atoms with E-state index in [1.54, 1.807) is 6.20 Å². The van der Waals surface area contributed by atoms with Gasteiger partial charge < -0.3 is 15.0 Å². The Hall–Kier alpha value is -1.88. The number of nitrogens with zero attached hydrogens (tertiary/aromatic N) is 2. The smallest absolute Gasteiger partial charge is 0.138 e. The van der Waals surface area contributed by atoms with E-state index in [9.17, 15) is 0 Å². The molecule has 2 aromatic rings. The van der Waals surface area contributed by atoms with Crippen molar-refractivity contribution in [1.29, 1.82) is 0 Å². The fraction of sp³-hybridized carbons (Fsp3) is 0.429. The first-order valence-corrected chi connectivity index (χ1v) is 6.43. The number of aryl methyl sites for hydroxylation is 1. The second-order valence-electron chi connectivity index (χ2n) is 4.58. The van der Waals surface area contributed by atoms with E-state index in [4.69, 9.17) is 15.0 Å². The van der Waals surface area contributed by atoms with Crippen LogP contribution in [0, 0.1) is 6.92 Å². The lowest BCUT2D eigenvalue weighted by molar-refractivity contribution is 0.286. The summed E-state index contributed by atoms with van der Waals surface area (Å²) in [6, 6.07) is 5.86. The van der Waals surface area contributed by atoms with Gasteiger partial charge in [0.25, 0.3) is 0 Å². The summed E-state index contributed by atoms with van der Waals surface area (Å²) in [7, 11) is 0. The molecule has 2 rings (SSSR count). The van der Waals surface area contributed by atoms with Gasteiger partial charge in [-0.2, -0.15) is 0 Å². The van der Waals surface area contributed by atoms with Gasteiger partial charge in [-0.25, -0.2) is 0 Å². The third-order valence-corrected chi connectivity index (χ3v) is 2.86. The average Bonchev–Trinajstić information content (AvgIpc) is 2.83. The first kappa shape index (κ1) is 13.5. The lowest BCUT2D eigenvalue weighted by Gasteiger charge is -2.08. The first-order chi connectivity index (χ1) is 9.17. The summed E-state index contributed by atoms with van der Waals surface area (Å²) in [6.07, 6.45) is 3.45. The Morgan fingerprint density at radius 1 is 1.37 bits per heavy atom. The van der Waals surface area contributed by atoms with Crippen LogP contribution in [0.15, 0.2) is 28.9 Å². The number of rotatable bonds is 6. The molecule has 0 saturated carbocycles. The molecule has 102 valence electrons. The largest absolute Gasteiger partial charge is 0.486 e. The molecule has 1 unspecified atom stereocenters. The molecule has 0 saturated heterocycles. The maximum Gasteiger partial charge on any atom is 0.138 e. The van der Waals surface area contributed by atoms with Crippen LogP contribution in [-0.2, 0) is 13.0 Å². The van der Waals surface area contributed by atoms with Crippen molar-refractivity contribution in [1.82, 2.24) is 10.1 Å². The summed E-state index contributed by atoms with van der Waals surface area (Å²) in [4.78, 5) is 4.34. The summed E-state index contributed by atoms with van der Waals surface area (Å²) >= 11 is 0. The second-order valence-corrected chi connectivity index (χ2v) is 4.58. The highest BCUT2D eigenvalue weighted by Crippen LogP contribution is 2.13. The molecule has 0 aliphatic heterocycles. The van der Waals surface area contributed by atoms with Gasteiger partial charge in [0.1, 0.15) is 23.8 Å². The molecule has 0 bridgehead atoms. The van der Waals surface area contributed by atoms with E-state index >= 15 is 0 Å². The highest BCUT2D eigenvalue weighted by molar-refractivity contribution is 5.20. The van der Waals surface area contributed by atoms with Crippen LogP contribution in [0.5, 0.6) is 5.75 Å². The van der Waals surface area contributed by atoms with Crippen LogP contribution >= 0.6 is 0 Å². The van der Waals surface area contributed by atoms with Crippen LogP contribution in [0.3, 0.4) is 0 Å². The third kappa shape index (κ3) is 4.06. The van der Waals surface area contributed by atoms with E-state index in [-0.39, 0.29) is 6.04 Å². The number of ether oxygens (including phenoxy) is 1. The van der Waals surface area contributed by atoms with E-state index in [1.165, 1.54) is 0 Å². The predicted molar refractivity (Wildman–Crippen MR) is 71.8 cm³/mol. The zero-order valence-electron chi connectivity index (χ0n) is 11.3. The molecule has 0 radical (unpaired) electrons. The molecule has 5 heteroatoms. The zero-order valence-corrected chi connectivity index (χ0v) is 11.3. The van der Waals surface area contributed by atoms with Crippen molar-refractivity contribution >= 4 is 0 Å². The topological polar surface area (TPSA) is 74.2 Å². The summed E-state index contributed by atoms with van der Waals surface area (Å²) in [6.45, 7) is 4.30. The predicted octanol–water partition coefficient (Wildman–Crippen LogP) is 2.24. The first-order valence-electron chi connectivity index (χ1n) is 6.43. The molecule has 0 aliphatic carbocycles. The number of nitrogens with two attached hydrogens (primary N) is 1. The molecule has 19 heavy (non-hydrogen) atoms. The average molecular weight is 261 g/mol. The van der Waals surface area contributed by atoms with Gasteiger partial charge in [-0.3, -0.25) is 4.98 Å². The molecule has 2 heterocycles. The van der Waals surface area contributed by atoms with Crippen molar-refractivity contribution < 1.29 is 9.26 Å². The van der Waals surface area contributed by atoms with E-state index in [0.29, 0.717) is 6.61 Å². The summed E-state index contributed by atoms with van der Waals surface area (Å²) in [5.41, 5.74) is 7.65. The van der Waals surface area contributed by atoms with Crippen LogP contribution in [0.25, 0.3) is 0 Å². The highest BCUT2D eigenvalue weighted by atomic mass is 16.5. The summed E-state index contributed by atoms with van der Waals surface area (Å²) in [5.74, 6) is 1.50. The van der Waals surface area contributed by atoms with Gasteiger partial charge in [-0.05, 0) is 25.5 Å². The van der Waals surface area contributed by atoms with Crippen LogP contribution in [0.1, 0.15) is 30.5 Å². The van der Waals surface area contributed by atoms with E-state index in [0.717, 1.165) is 35.7 Å². The van der Waals surface area contributed by atoms with Crippen molar-refractivity contribution in [2.75, 3.05) is 0 Å². The normalized spacial score (nSPS) is 12.4. The molecule has 5 nitrogen and oxygen atoms in total. The van der Waals surface area contributed by atoms with Crippen LogP contribution in [-0.4, -0.2) is 16.2 Å². The molecular formula is C14H19N3O2. The van der Waals surface area contributed by atoms with Crippen molar-refractivity contribution in [3.8, 4) is 5.75 Å². The molecule has 2 aromatic heterocycles. The third-order valence-electron chi connectivity index (χ3n) is 2.86. The molecule has 0 spiro atoms. The molecule has 0 amide bonds. The second kappa shape index (κ2) is 6.33. The Labute approximate surface area is 112 Å². The molecule has 0 aromatic carbocycles. The fourth-order valence-corrected chi connectivity index (χ4v) is 1.67. The van der Waals surface area contributed by atoms with Gasteiger partial charge in [0, 0.05) is 24.2 Å². The monoisotopic (exact) mass is 261 g/mol.